The second kappa shape index (κ2) is 6.07. The minimum absolute atomic E-state index is 0.217. The summed E-state index contributed by atoms with van der Waals surface area (Å²) >= 11 is 0. The summed E-state index contributed by atoms with van der Waals surface area (Å²) in [6.45, 7) is 2.04. The van der Waals surface area contributed by atoms with Crippen molar-refractivity contribution in [2.24, 2.45) is 0 Å². The highest BCUT2D eigenvalue weighted by Crippen LogP contribution is 2.24. The van der Waals surface area contributed by atoms with Gasteiger partial charge in [-0.3, -0.25) is 10.1 Å². The molecule has 8 heteroatoms. The van der Waals surface area contributed by atoms with Crippen LogP contribution in [0.2, 0.25) is 0 Å². The SMILES string of the molecule is Cc1cc(NC(=O)NC2CCN(c3ccccc3F)C2=O)no1. The third-order valence-corrected chi connectivity index (χ3v) is 3.52. The first-order valence-electron chi connectivity index (χ1n) is 7.11. The molecule has 0 spiro atoms. The molecule has 1 unspecified atom stereocenters. The monoisotopic (exact) mass is 318 g/mol. The van der Waals surface area contributed by atoms with Gasteiger partial charge in [0.05, 0.1) is 5.69 Å². The Bertz CT molecular complexity index is 746. The Hall–Kier alpha value is -2.90. The lowest BCUT2D eigenvalue weighted by Crippen LogP contribution is -2.43. The highest BCUT2D eigenvalue weighted by molar-refractivity contribution is 6.02. The molecule has 23 heavy (non-hydrogen) atoms. The van der Waals surface area contributed by atoms with Gasteiger partial charge in [-0.05, 0) is 25.5 Å². The van der Waals surface area contributed by atoms with Gasteiger partial charge in [0.2, 0.25) is 5.91 Å². The van der Waals surface area contributed by atoms with E-state index in [1.54, 1.807) is 25.1 Å². The lowest BCUT2D eigenvalue weighted by atomic mass is 10.2. The first kappa shape index (κ1) is 15.0. The van der Waals surface area contributed by atoms with Crippen molar-refractivity contribution < 1.29 is 18.5 Å². The van der Waals surface area contributed by atoms with Crippen LogP contribution in [-0.4, -0.2) is 29.7 Å². The Kier molecular flexibility index (Phi) is 3.96. The first-order chi connectivity index (χ1) is 11.0. The Morgan fingerprint density at radius 3 is 2.91 bits per heavy atom. The molecule has 1 saturated heterocycles. The minimum Gasteiger partial charge on any atom is -0.360 e. The van der Waals surface area contributed by atoms with Gasteiger partial charge in [0.15, 0.2) is 5.82 Å². The number of halogens is 1. The maximum Gasteiger partial charge on any atom is 0.321 e. The molecule has 3 rings (SSSR count). The standard InChI is InChI=1S/C15H15FN4O3/c1-9-8-13(19-23-9)18-15(22)17-11-6-7-20(14(11)21)12-5-3-2-4-10(12)16/h2-5,8,11H,6-7H2,1H3,(H2,17,18,19,22). The van der Waals surface area contributed by atoms with E-state index in [-0.39, 0.29) is 17.4 Å². The number of rotatable bonds is 3. The van der Waals surface area contributed by atoms with Crippen molar-refractivity contribution in [3.05, 3.63) is 41.9 Å². The van der Waals surface area contributed by atoms with Crippen molar-refractivity contribution in [1.82, 2.24) is 10.5 Å². The van der Waals surface area contributed by atoms with Gasteiger partial charge in [0, 0.05) is 12.6 Å². The predicted octanol–water partition coefficient (Wildman–Crippen LogP) is 2.05. The second-order valence-electron chi connectivity index (χ2n) is 5.20. The molecule has 2 aromatic rings. The van der Waals surface area contributed by atoms with Gasteiger partial charge in [-0.15, -0.1) is 0 Å². The van der Waals surface area contributed by atoms with Gasteiger partial charge < -0.3 is 14.7 Å². The molecule has 0 saturated carbocycles. The summed E-state index contributed by atoms with van der Waals surface area (Å²) in [7, 11) is 0. The number of carbonyl (C=O) groups excluding carboxylic acids is 2. The normalized spacial score (nSPS) is 17.4. The van der Waals surface area contributed by atoms with Crippen LogP contribution in [0.5, 0.6) is 0 Å². The minimum atomic E-state index is -0.706. The highest BCUT2D eigenvalue weighted by atomic mass is 19.1. The van der Waals surface area contributed by atoms with E-state index < -0.39 is 17.9 Å². The quantitative estimate of drug-likeness (QED) is 0.906. The molecule has 0 radical (unpaired) electrons. The molecule has 1 aliphatic rings. The molecular formula is C15H15FN4O3. The van der Waals surface area contributed by atoms with Crippen LogP contribution in [0.1, 0.15) is 12.2 Å². The van der Waals surface area contributed by atoms with Crippen LogP contribution in [0.3, 0.4) is 0 Å². The van der Waals surface area contributed by atoms with Crippen LogP contribution >= 0.6 is 0 Å². The van der Waals surface area contributed by atoms with E-state index in [2.05, 4.69) is 15.8 Å². The van der Waals surface area contributed by atoms with E-state index in [0.29, 0.717) is 18.7 Å². The zero-order chi connectivity index (χ0) is 16.4. The number of carbonyl (C=O) groups is 2. The summed E-state index contributed by atoms with van der Waals surface area (Å²) in [6.07, 6.45) is 0.401. The van der Waals surface area contributed by atoms with Gasteiger partial charge in [-0.1, -0.05) is 17.3 Å². The fraction of sp³-hybridized carbons (Fsp3) is 0.267. The number of hydrogen-bond donors (Lipinski definition) is 2. The molecule has 1 aromatic carbocycles. The molecule has 3 amide bonds. The molecule has 0 aliphatic carbocycles. The topological polar surface area (TPSA) is 87.5 Å². The van der Waals surface area contributed by atoms with Crippen LogP contribution in [-0.2, 0) is 4.79 Å². The Balaban J connectivity index is 1.63. The number of hydrogen-bond acceptors (Lipinski definition) is 4. The zero-order valence-electron chi connectivity index (χ0n) is 12.4. The van der Waals surface area contributed by atoms with Crippen LogP contribution < -0.4 is 15.5 Å². The van der Waals surface area contributed by atoms with Gasteiger partial charge >= 0.3 is 6.03 Å². The predicted molar refractivity (Wildman–Crippen MR) is 80.6 cm³/mol. The first-order valence-corrected chi connectivity index (χ1v) is 7.11. The number of urea groups is 1. The van der Waals surface area contributed by atoms with E-state index >= 15 is 0 Å². The third-order valence-electron chi connectivity index (χ3n) is 3.52. The molecular weight excluding hydrogens is 303 g/mol. The lowest BCUT2D eigenvalue weighted by Gasteiger charge is -2.17. The van der Waals surface area contributed by atoms with Gasteiger partial charge in [0.1, 0.15) is 17.6 Å². The Labute approximate surface area is 131 Å². The molecule has 120 valence electrons. The number of nitrogens with zero attached hydrogens (tertiary/aromatic N) is 2. The van der Waals surface area contributed by atoms with Gasteiger partial charge in [-0.2, -0.15) is 0 Å². The molecule has 0 bridgehead atoms. The zero-order valence-corrected chi connectivity index (χ0v) is 12.4. The Morgan fingerprint density at radius 2 is 2.22 bits per heavy atom. The number of anilines is 2. The van der Waals surface area contributed by atoms with Crippen molar-refractivity contribution >= 4 is 23.4 Å². The lowest BCUT2D eigenvalue weighted by molar-refractivity contribution is -0.118. The van der Waals surface area contributed by atoms with Gasteiger partial charge in [0.25, 0.3) is 0 Å². The van der Waals surface area contributed by atoms with Crippen molar-refractivity contribution in [1.29, 1.82) is 0 Å². The molecule has 1 aliphatic heterocycles. The Morgan fingerprint density at radius 1 is 1.43 bits per heavy atom. The van der Waals surface area contributed by atoms with Crippen molar-refractivity contribution in [3.63, 3.8) is 0 Å². The summed E-state index contributed by atoms with van der Waals surface area (Å²) in [5.74, 6) is 0.00461. The second-order valence-corrected chi connectivity index (χ2v) is 5.20. The van der Waals surface area contributed by atoms with E-state index in [1.807, 2.05) is 0 Å². The van der Waals surface area contributed by atoms with Crippen LogP contribution in [0.15, 0.2) is 34.9 Å². The smallest absolute Gasteiger partial charge is 0.321 e. The number of aryl methyl sites for hydroxylation is 1. The highest BCUT2D eigenvalue weighted by Gasteiger charge is 2.34. The van der Waals surface area contributed by atoms with E-state index in [4.69, 9.17) is 4.52 Å². The van der Waals surface area contributed by atoms with Crippen LogP contribution in [0.25, 0.3) is 0 Å². The van der Waals surface area contributed by atoms with E-state index in [0.717, 1.165) is 0 Å². The summed E-state index contributed by atoms with van der Waals surface area (Å²) < 4.78 is 18.6. The maximum absolute atomic E-state index is 13.8. The number of aromatic nitrogens is 1. The molecule has 1 atom stereocenters. The average molecular weight is 318 g/mol. The number of nitrogens with one attached hydrogen (secondary N) is 2. The largest absolute Gasteiger partial charge is 0.360 e. The van der Waals surface area contributed by atoms with E-state index in [1.165, 1.54) is 17.0 Å². The molecule has 2 N–H and O–H groups in total. The molecule has 1 aromatic heterocycles. The van der Waals surface area contributed by atoms with Crippen molar-refractivity contribution in [3.8, 4) is 0 Å². The fourth-order valence-electron chi connectivity index (χ4n) is 2.46. The summed E-state index contributed by atoms with van der Waals surface area (Å²) in [6, 6.07) is 6.34. The number of benzene rings is 1. The number of amides is 3. The van der Waals surface area contributed by atoms with Crippen molar-refractivity contribution in [2.45, 2.75) is 19.4 Å². The van der Waals surface area contributed by atoms with Gasteiger partial charge in [-0.25, -0.2) is 9.18 Å². The number of para-hydroxylation sites is 1. The molecule has 1 fully saturated rings. The summed E-state index contributed by atoms with van der Waals surface area (Å²) in [5, 5.41) is 8.67. The van der Waals surface area contributed by atoms with E-state index in [9.17, 15) is 14.0 Å². The maximum atomic E-state index is 13.8. The molecule has 2 heterocycles. The summed E-state index contributed by atoms with van der Waals surface area (Å²) in [4.78, 5) is 25.6. The fourth-order valence-corrected chi connectivity index (χ4v) is 2.46. The van der Waals surface area contributed by atoms with Crippen LogP contribution in [0.4, 0.5) is 20.7 Å². The third kappa shape index (κ3) is 3.15. The average Bonchev–Trinajstić information content (AvgIpc) is 3.07. The summed E-state index contributed by atoms with van der Waals surface area (Å²) in [5.41, 5.74) is 0.217. The van der Waals surface area contributed by atoms with Crippen LogP contribution in [0, 0.1) is 12.7 Å². The molecule has 7 nitrogen and oxygen atoms in total. The van der Waals surface area contributed by atoms with Crippen molar-refractivity contribution in [2.75, 3.05) is 16.8 Å².